The van der Waals surface area contributed by atoms with Gasteiger partial charge in [0.2, 0.25) is 0 Å². The zero-order valence-corrected chi connectivity index (χ0v) is 10.9. The lowest BCUT2D eigenvalue weighted by Crippen LogP contribution is -2.40. The molecule has 1 aliphatic rings. The largest absolute Gasteiger partial charge is 0.393 e. The molecule has 0 atom stereocenters. The van der Waals surface area contributed by atoms with Crippen molar-refractivity contribution in [2.75, 3.05) is 25.5 Å². The lowest BCUT2D eigenvalue weighted by Gasteiger charge is -2.30. The number of nitrogens with zero attached hydrogens (tertiary/aromatic N) is 1. The minimum Gasteiger partial charge on any atom is -0.393 e. The summed E-state index contributed by atoms with van der Waals surface area (Å²) in [5.41, 5.74) is 2.75. The second-order valence-corrected chi connectivity index (χ2v) is 4.80. The van der Waals surface area contributed by atoms with E-state index in [9.17, 15) is 9.90 Å². The van der Waals surface area contributed by atoms with Crippen molar-refractivity contribution in [1.82, 2.24) is 4.90 Å². The van der Waals surface area contributed by atoms with E-state index in [1.54, 1.807) is 0 Å². The van der Waals surface area contributed by atoms with Crippen LogP contribution in [0.15, 0.2) is 18.2 Å². The molecule has 98 valence electrons. The molecule has 0 spiro atoms. The first-order valence-electron chi connectivity index (χ1n) is 6.37. The molecule has 2 rings (SSSR count). The average molecular weight is 248 g/mol. The third kappa shape index (κ3) is 2.64. The van der Waals surface area contributed by atoms with Crippen molar-refractivity contribution in [3.63, 3.8) is 0 Å². The van der Waals surface area contributed by atoms with E-state index >= 15 is 0 Å². The number of anilines is 1. The third-order valence-electron chi connectivity index (χ3n) is 3.50. The predicted molar refractivity (Wildman–Crippen MR) is 71.9 cm³/mol. The molecule has 0 aliphatic carbocycles. The van der Waals surface area contributed by atoms with Gasteiger partial charge in [0.25, 0.3) is 5.91 Å². The highest BCUT2D eigenvalue weighted by atomic mass is 16.3. The Kier molecular flexibility index (Phi) is 3.87. The van der Waals surface area contributed by atoms with Gasteiger partial charge in [-0.2, -0.15) is 0 Å². The molecule has 1 saturated heterocycles. The molecule has 4 nitrogen and oxygen atoms in total. The summed E-state index contributed by atoms with van der Waals surface area (Å²) in [6.07, 6.45) is 1.11. The second kappa shape index (κ2) is 5.40. The summed E-state index contributed by atoms with van der Waals surface area (Å²) in [5, 5.41) is 12.5. The van der Waals surface area contributed by atoms with Gasteiger partial charge < -0.3 is 15.3 Å². The van der Waals surface area contributed by atoms with Crippen LogP contribution < -0.4 is 5.32 Å². The number of aliphatic hydroxyl groups is 1. The molecule has 1 aromatic carbocycles. The number of hydrogen-bond acceptors (Lipinski definition) is 3. The zero-order chi connectivity index (χ0) is 13.1. The summed E-state index contributed by atoms with van der Waals surface area (Å²) in [6.45, 7) is 3.24. The molecular formula is C14H20N2O2. The summed E-state index contributed by atoms with van der Waals surface area (Å²) in [7, 11) is 1.86. The van der Waals surface area contributed by atoms with Crippen molar-refractivity contribution >= 4 is 11.6 Å². The smallest absolute Gasteiger partial charge is 0.254 e. The average Bonchev–Trinajstić information content (AvgIpc) is 2.38. The Morgan fingerprint density at radius 3 is 2.61 bits per heavy atom. The highest BCUT2D eigenvalue weighted by molar-refractivity contribution is 5.96. The van der Waals surface area contributed by atoms with Crippen molar-refractivity contribution in [3.05, 3.63) is 29.3 Å². The van der Waals surface area contributed by atoms with Crippen molar-refractivity contribution in [2.24, 2.45) is 0 Å². The Labute approximate surface area is 108 Å². The first-order chi connectivity index (χ1) is 8.61. The Morgan fingerprint density at radius 1 is 1.39 bits per heavy atom. The summed E-state index contributed by atoms with van der Waals surface area (Å²) in [5.74, 6) is 0.0713. The number of likely N-dealkylation sites (tertiary alicyclic amines) is 1. The summed E-state index contributed by atoms with van der Waals surface area (Å²) >= 11 is 0. The van der Waals surface area contributed by atoms with Gasteiger partial charge in [0.15, 0.2) is 0 Å². The van der Waals surface area contributed by atoms with E-state index in [0.29, 0.717) is 25.9 Å². The van der Waals surface area contributed by atoms with Gasteiger partial charge in [-0.3, -0.25) is 4.79 Å². The minimum atomic E-state index is -0.248. The quantitative estimate of drug-likeness (QED) is 0.836. The molecular weight excluding hydrogens is 228 g/mol. The lowest BCUT2D eigenvalue weighted by atomic mass is 10.0. The van der Waals surface area contributed by atoms with E-state index in [-0.39, 0.29) is 12.0 Å². The Bertz CT molecular complexity index is 437. The van der Waals surface area contributed by atoms with Crippen LogP contribution in [0.25, 0.3) is 0 Å². The summed E-state index contributed by atoms with van der Waals surface area (Å²) < 4.78 is 0. The SMILES string of the molecule is CNc1ccc(C(=O)N2CCC(O)CC2)c(C)c1. The number of amides is 1. The van der Waals surface area contributed by atoms with Crippen LogP contribution in [-0.2, 0) is 0 Å². The molecule has 18 heavy (non-hydrogen) atoms. The van der Waals surface area contributed by atoms with Crippen LogP contribution in [0.3, 0.4) is 0 Å². The fourth-order valence-electron chi connectivity index (χ4n) is 2.30. The van der Waals surface area contributed by atoms with Gasteiger partial charge in [0, 0.05) is 31.4 Å². The van der Waals surface area contributed by atoms with Gasteiger partial charge in [-0.1, -0.05) is 0 Å². The molecule has 1 amide bonds. The number of hydrogen-bond donors (Lipinski definition) is 2. The highest BCUT2D eigenvalue weighted by Crippen LogP contribution is 2.19. The van der Waals surface area contributed by atoms with Crippen molar-refractivity contribution in [3.8, 4) is 0 Å². The Morgan fingerprint density at radius 2 is 2.06 bits per heavy atom. The van der Waals surface area contributed by atoms with Crippen LogP contribution in [-0.4, -0.2) is 42.2 Å². The van der Waals surface area contributed by atoms with Crippen LogP contribution in [0, 0.1) is 6.92 Å². The van der Waals surface area contributed by atoms with Gasteiger partial charge in [-0.15, -0.1) is 0 Å². The predicted octanol–water partition coefficient (Wildman–Crippen LogP) is 1.63. The molecule has 1 aromatic rings. The van der Waals surface area contributed by atoms with Crippen LogP contribution in [0.2, 0.25) is 0 Å². The van der Waals surface area contributed by atoms with E-state index in [2.05, 4.69) is 5.32 Å². The number of aryl methyl sites for hydroxylation is 1. The number of piperidine rings is 1. The van der Waals surface area contributed by atoms with Crippen LogP contribution in [0.1, 0.15) is 28.8 Å². The van der Waals surface area contributed by atoms with E-state index in [1.807, 2.05) is 37.1 Å². The van der Waals surface area contributed by atoms with Crippen molar-refractivity contribution in [2.45, 2.75) is 25.9 Å². The number of carbonyl (C=O) groups is 1. The van der Waals surface area contributed by atoms with Gasteiger partial charge >= 0.3 is 0 Å². The molecule has 0 radical (unpaired) electrons. The topological polar surface area (TPSA) is 52.6 Å². The highest BCUT2D eigenvalue weighted by Gasteiger charge is 2.23. The lowest BCUT2D eigenvalue weighted by molar-refractivity contribution is 0.0546. The summed E-state index contributed by atoms with van der Waals surface area (Å²) in [6, 6.07) is 5.76. The molecule has 0 aromatic heterocycles. The first kappa shape index (κ1) is 12.9. The molecule has 1 aliphatic heterocycles. The third-order valence-corrected chi connectivity index (χ3v) is 3.50. The number of nitrogens with one attached hydrogen (secondary N) is 1. The molecule has 4 heteroatoms. The second-order valence-electron chi connectivity index (χ2n) is 4.80. The van der Waals surface area contributed by atoms with Gasteiger partial charge in [0.05, 0.1) is 6.10 Å². The minimum absolute atomic E-state index is 0.0713. The van der Waals surface area contributed by atoms with Crippen LogP contribution in [0.4, 0.5) is 5.69 Å². The fraction of sp³-hybridized carbons (Fsp3) is 0.500. The van der Waals surface area contributed by atoms with E-state index < -0.39 is 0 Å². The fourth-order valence-corrected chi connectivity index (χ4v) is 2.30. The van der Waals surface area contributed by atoms with Crippen LogP contribution >= 0.6 is 0 Å². The Hall–Kier alpha value is -1.55. The maximum Gasteiger partial charge on any atom is 0.254 e. The number of aliphatic hydroxyl groups excluding tert-OH is 1. The molecule has 0 bridgehead atoms. The van der Waals surface area contributed by atoms with E-state index in [1.165, 1.54) is 0 Å². The monoisotopic (exact) mass is 248 g/mol. The van der Waals surface area contributed by atoms with E-state index in [0.717, 1.165) is 16.8 Å². The zero-order valence-electron chi connectivity index (χ0n) is 10.9. The maximum absolute atomic E-state index is 12.4. The Balaban J connectivity index is 2.13. The molecule has 0 unspecified atom stereocenters. The number of rotatable bonds is 2. The number of carbonyl (C=O) groups excluding carboxylic acids is 1. The van der Waals surface area contributed by atoms with Crippen molar-refractivity contribution in [1.29, 1.82) is 0 Å². The molecule has 0 saturated carbocycles. The molecule has 1 heterocycles. The van der Waals surface area contributed by atoms with Crippen molar-refractivity contribution < 1.29 is 9.90 Å². The maximum atomic E-state index is 12.4. The first-order valence-corrected chi connectivity index (χ1v) is 6.37. The van der Waals surface area contributed by atoms with Gasteiger partial charge in [-0.25, -0.2) is 0 Å². The van der Waals surface area contributed by atoms with Gasteiger partial charge in [0.1, 0.15) is 0 Å². The molecule has 2 N–H and O–H groups in total. The number of benzene rings is 1. The van der Waals surface area contributed by atoms with E-state index in [4.69, 9.17) is 0 Å². The van der Waals surface area contributed by atoms with Gasteiger partial charge in [-0.05, 0) is 43.5 Å². The normalized spacial score (nSPS) is 16.7. The van der Waals surface area contributed by atoms with Crippen LogP contribution in [0.5, 0.6) is 0 Å². The standard InChI is InChI=1S/C14H20N2O2/c1-10-9-11(15-2)3-4-13(10)14(18)16-7-5-12(17)6-8-16/h3-4,9,12,15,17H,5-8H2,1-2H3. The molecule has 1 fully saturated rings. The summed E-state index contributed by atoms with van der Waals surface area (Å²) in [4.78, 5) is 14.2.